The van der Waals surface area contributed by atoms with Crippen molar-refractivity contribution in [2.24, 2.45) is 35.5 Å². The molecule has 0 aromatic heterocycles. The zero-order chi connectivity index (χ0) is 22.4. The van der Waals surface area contributed by atoms with Crippen molar-refractivity contribution < 1.29 is 0 Å². The van der Waals surface area contributed by atoms with Gasteiger partial charge < -0.3 is 0 Å². The maximum absolute atomic E-state index is 3.89. The van der Waals surface area contributed by atoms with Gasteiger partial charge in [-0.2, -0.15) is 0 Å². The Morgan fingerprint density at radius 2 is 0.875 bits per heavy atom. The molecule has 0 radical (unpaired) electrons. The van der Waals surface area contributed by atoms with Crippen LogP contribution in [0, 0.1) is 35.5 Å². The van der Waals surface area contributed by atoms with Crippen LogP contribution >= 0.6 is 0 Å². The molecule has 0 amide bonds. The molecule has 0 N–H and O–H groups in total. The third-order valence-corrected chi connectivity index (χ3v) is 10.1. The van der Waals surface area contributed by atoms with Gasteiger partial charge in [0.25, 0.3) is 0 Å². The average molecular weight is 443 g/mol. The van der Waals surface area contributed by atoms with Crippen LogP contribution < -0.4 is 0 Å². The molecule has 186 valence electrons. The maximum atomic E-state index is 3.89. The van der Waals surface area contributed by atoms with Crippen LogP contribution in [0.15, 0.2) is 12.7 Å². The van der Waals surface area contributed by atoms with E-state index in [1.165, 1.54) is 89.9 Å². The van der Waals surface area contributed by atoms with E-state index in [9.17, 15) is 0 Å². The van der Waals surface area contributed by atoms with Gasteiger partial charge in [0.1, 0.15) is 0 Å². The molecule has 0 bridgehead atoms. The third-order valence-electron chi connectivity index (χ3n) is 10.1. The fourth-order valence-electron chi connectivity index (χ4n) is 7.78. The van der Waals surface area contributed by atoms with Gasteiger partial charge in [0.15, 0.2) is 0 Å². The first-order valence-electron chi connectivity index (χ1n) is 15.4. The van der Waals surface area contributed by atoms with Gasteiger partial charge in [-0.05, 0) is 74.0 Å². The predicted molar refractivity (Wildman–Crippen MR) is 143 cm³/mol. The van der Waals surface area contributed by atoms with E-state index < -0.39 is 0 Å². The van der Waals surface area contributed by atoms with Crippen LogP contribution in [-0.2, 0) is 0 Å². The SMILES string of the molecule is C=CCC[C@H]1CC[C@H](CCCC[C@H]2CC[C@H]([C@H]3CC[C@H](CCCCCC)CC3)CC2)CC1. The first-order chi connectivity index (χ1) is 15.8. The van der Waals surface area contributed by atoms with E-state index in [1.54, 1.807) is 57.8 Å². The van der Waals surface area contributed by atoms with Crippen molar-refractivity contribution in [3.63, 3.8) is 0 Å². The zero-order valence-electron chi connectivity index (χ0n) is 22.0. The molecule has 0 heteroatoms. The minimum absolute atomic E-state index is 1.01. The molecule has 0 atom stereocenters. The highest BCUT2D eigenvalue weighted by Crippen LogP contribution is 2.43. The highest BCUT2D eigenvalue weighted by molar-refractivity contribution is 4.82. The van der Waals surface area contributed by atoms with Gasteiger partial charge >= 0.3 is 0 Å². The van der Waals surface area contributed by atoms with Gasteiger partial charge in [-0.15, -0.1) is 6.58 Å². The number of rotatable bonds is 14. The molecule has 0 aliphatic heterocycles. The van der Waals surface area contributed by atoms with E-state index in [4.69, 9.17) is 0 Å². The standard InChI is InChI=1S/C32H58/c1-3-5-7-8-12-29-19-23-31(24-20-29)32-25-21-30(22-26-32)14-10-9-13-28-17-15-27(16-18-28)11-6-4-2/h4,27-32H,2-3,5-26H2,1H3/t27-,28-,29-,30-,31-,32-. The zero-order valence-corrected chi connectivity index (χ0v) is 22.0. The van der Waals surface area contributed by atoms with Crippen molar-refractivity contribution in [1.82, 2.24) is 0 Å². The summed E-state index contributed by atoms with van der Waals surface area (Å²) >= 11 is 0. The average Bonchev–Trinajstić information content (AvgIpc) is 2.85. The number of allylic oxidation sites excluding steroid dienone is 1. The van der Waals surface area contributed by atoms with Crippen LogP contribution in [0.3, 0.4) is 0 Å². The van der Waals surface area contributed by atoms with Crippen LogP contribution in [0.2, 0.25) is 0 Å². The minimum Gasteiger partial charge on any atom is -0.103 e. The summed E-state index contributed by atoms with van der Waals surface area (Å²) in [4.78, 5) is 0. The lowest BCUT2D eigenvalue weighted by molar-refractivity contribution is 0.139. The van der Waals surface area contributed by atoms with Crippen LogP contribution in [0.25, 0.3) is 0 Å². The lowest BCUT2D eigenvalue weighted by Crippen LogP contribution is -2.26. The summed E-state index contributed by atoms with van der Waals surface area (Å²) in [5.74, 6) is 6.44. The summed E-state index contributed by atoms with van der Waals surface area (Å²) in [6.45, 7) is 6.22. The largest absolute Gasteiger partial charge is 0.103 e. The molecular weight excluding hydrogens is 384 g/mol. The Bertz CT molecular complexity index is 454. The molecule has 3 fully saturated rings. The predicted octanol–water partition coefficient (Wildman–Crippen LogP) is 10.9. The smallest absolute Gasteiger partial charge is 0.0351 e. The first kappa shape index (κ1) is 26.3. The molecule has 0 heterocycles. The van der Waals surface area contributed by atoms with Crippen LogP contribution in [0.4, 0.5) is 0 Å². The van der Waals surface area contributed by atoms with E-state index >= 15 is 0 Å². The van der Waals surface area contributed by atoms with Gasteiger partial charge in [0.05, 0.1) is 0 Å². The molecule has 0 unspecified atom stereocenters. The highest BCUT2D eigenvalue weighted by Gasteiger charge is 2.30. The summed E-state index contributed by atoms with van der Waals surface area (Å²) in [6.07, 6.45) is 36.8. The van der Waals surface area contributed by atoms with Gasteiger partial charge in [0.2, 0.25) is 0 Å². The Morgan fingerprint density at radius 3 is 1.28 bits per heavy atom. The Balaban J connectivity index is 1.18. The van der Waals surface area contributed by atoms with Crippen LogP contribution in [0.1, 0.15) is 155 Å². The van der Waals surface area contributed by atoms with E-state index in [1.807, 2.05) is 0 Å². The van der Waals surface area contributed by atoms with Crippen LogP contribution in [-0.4, -0.2) is 0 Å². The van der Waals surface area contributed by atoms with Gasteiger partial charge in [-0.25, -0.2) is 0 Å². The van der Waals surface area contributed by atoms with Crippen molar-refractivity contribution in [2.75, 3.05) is 0 Å². The van der Waals surface area contributed by atoms with Gasteiger partial charge in [0, 0.05) is 0 Å². The molecule has 3 aliphatic carbocycles. The van der Waals surface area contributed by atoms with Crippen molar-refractivity contribution in [3.8, 4) is 0 Å². The Kier molecular flexibility index (Phi) is 12.8. The topological polar surface area (TPSA) is 0 Å². The monoisotopic (exact) mass is 442 g/mol. The van der Waals surface area contributed by atoms with Crippen molar-refractivity contribution >= 4 is 0 Å². The summed E-state index contributed by atoms with van der Waals surface area (Å²) in [5.41, 5.74) is 0. The van der Waals surface area contributed by atoms with Gasteiger partial charge in [-0.1, -0.05) is 122 Å². The number of hydrogen-bond donors (Lipinski definition) is 0. The molecule has 32 heavy (non-hydrogen) atoms. The second-order valence-corrected chi connectivity index (χ2v) is 12.4. The number of hydrogen-bond acceptors (Lipinski definition) is 0. The molecule has 3 aliphatic rings. The second-order valence-electron chi connectivity index (χ2n) is 12.4. The highest BCUT2D eigenvalue weighted by atomic mass is 14.4. The molecule has 3 saturated carbocycles. The fourth-order valence-corrected chi connectivity index (χ4v) is 7.78. The van der Waals surface area contributed by atoms with E-state index in [0.29, 0.717) is 0 Å². The second kappa shape index (κ2) is 15.6. The first-order valence-corrected chi connectivity index (χ1v) is 15.4. The fraction of sp³-hybridized carbons (Fsp3) is 0.938. The molecule has 0 nitrogen and oxygen atoms in total. The van der Waals surface area contributed by atoms with E-state index in [-0.39, 0.29) is 0 Å². The Hall–Kier alpha value is -0.260. The lowest BCUT2D eigenvalue weighted by atomic mass is 9.68. The van der Waals surface area contributed by atoms with Crippen LogP contribution in [0.5, 0.6) is 0 Å². The Labute approximate surface area is 202 Å². The maximum Gasteiger partial charge on any atom is -0.0351 e. The summed E-state index contributed by atoms with van der Waals surface area (Å²) in [7, 11) is 0. The lowest BCUT2D eigenvalue weighted by Gasteiger charge is -2.38. The van der Waals surface area contributed by atoms with E-state index in [2.05, 4.69) is 19.6 Å². The summed E-state index contributed by atoms with van der Waals surface area (Å²) < 4.78 is 0. The normalized spacial score (nSPS) is 33.8. The van der Waals surface area contributed by atoms with Crippen molar-refractivity contribution in [1.29, 1.82) is 0 Å². The third kappa shape index (κ3) is 9.54. The molecule has 0 saturated heterocycles. The molecule has 3 rings (SSSR count). The number of unbranched alkanes of at least 4 members (excludes halogenated alkanes) is 4. The summed E-state index contributed by atoms with van der Waals surface area (Å²) in [5, 5.41) is 0. The minimum atomic E-state index is 1.01. The quantitative estimate of drug-likeness (QED) is 0.185. The molecule has 0 aromatic carbocycles. The van der Waals surface area contributed by atoms with E-state index in [0.717, 1.165) is 35.5 Å². The Morgan fingerprint density at radius 1 is 0.500 bits per heavy atom. The van der Waals surface area contributed by atoms with Crippen molar-refractivity contribution in [3.05, 3.63) is 12.7 Å². The summed E-state index contributed by atoms with van der Waals surface area (Å²) in [6, 6.07) is 0. The molecule has 0 aromatic rings. The molecule has 0 spiro atoms. The van der Waals surface area contributed by atoms with Gasteiger partial charge in [-0.3, -0.25) is 0 Å². The van der Waals surface area contributed by atoms with Crippen molar-refractivity contribution in [2.45, 2.75) is 155 Å². The molecular formula is C32H58.